The van der Waals surface area contributed by atoms with E-state index in [0.29, 0.717) is 6.54 Å². The van der Waals surface area contributed by atoms with Gasteiger partial charge in [0.2, 0.25) is 0 Å². The summed E-state index contributed by atoms with van der Waals surface area (Å²) in [5.74, 6) is 2.47. The molecule has 0 saturated heterocycles. The van der Waals surface area contributed by atoms with Crippen LogP contribution in [0.4, 0.5) is 0 Å². The number of allylic oxidation sites excluding steroid dienone is 3. The average Bonchev–Trinajstić information content (AvgIpc) is 2.58. The van der Waals surface area contributed by atoms with Crippen molar-refractivity contribution < 1.29 is 9.47 Å². The average molecular weight is 260 g/mol. The molecule has 1 aromatic rings. The Kier molecular flexibility index (Phi) is 4.58. The summed E-state index contributed by atoms with van der Waals surface area (Å²) in [6.07, 6.45) is 8.14. The van der Waals surface area contributed by atoms with Crippen LogP contribution in [0.25, 0.3) is 0 Å². The number of ether oxygens (including phenoxy) is 2. The van der Waals surface area contributed by atoms with Crippen LogP contribution < -0.4 is 10.1 Å². The summed E-state index contributed by atoms with van der Waals surface area (Å²) in [7, 11) is 1.91. The molecule has 1 atom stereocenters. The number of pyridine rings is 1. The largest absolute Gasteiger partial charge is 0.481 e. The molecule has 2 rings (SSSR count). The Morgan fingerprint density at radius 1 is 1.47 bits per heavy atom. The van der Waals surface area contributed by atoms with Gasteiger partial charge in [0, 0.05) is 25.4 Å². The zero-order chi connectivity index (χ0) is 13.7. The van der Waals surface area contributed by atoms with Crippen LogP contribution in [0, 0.1) is 0 Å². The van der Waals surface area contributed by atoms with Crippen molar-refractivity contribution in [1.29, 1.82) is 0 Å². The van der Waals surface area contributed by atoms with E-state index in [-0.39, 0.29) is 6.10 Å². The van der Waals surface area contributed by atoms with Crippen LogP contribution in [0.2, 0.25) is 0 Å². The minimum absolute atomic E-state index is 0.0936. The summed E-state index contributed by atoms with van der Waals surface area (Å²) >= 11 is 0. The third-order valence-electron chi connectivity index (χ3n) is 2.96. The van der Waals surface area contributed by atoms with Crippen LogP contribution in [-0.2, 0) is 4.74 Å². The van der Waals surface area contributed by atoms with Crippen molar-refractivity contribution in [3.8, 4) is 5.75 Å². The number of fused-ring (bicyclic) bond motifs is 1. The number of likely N-dealkylation sites (N-methyl/N-ethyl adjacent to an activating group) is 1. The normalized spacial score (nSPS) is 18.8. The summed E-state index contributed by atoms with van der Waals surface area (Å²) in [6.45, 7) is 4.73. The Morgan fingerprint density at radius 2 is 2.32 bits per heavy atom. The first-order chi connectivity index (χ1) is 9.30. The van der Waals surface area contributed by atoms with E-state index in [1.54, 1.807) is 6.20 Å². The van der Waals surface area contributed by atoms with E-state index in [0.717, 1.165) is 29.3 Å². The van der Waals surface area contributed by atoms with Crippen LogP contribution in [0.3, 0.4) is 0 Å². The van der Waals surface area contributed by atoms with Crippen molar-refractivity contribution >= 4 is 0 Å². The zero-order valence-corrected chi connectivity index (χ0v) is 11.6. The second-order valence-corrected chi connectivity index (χ2v) is 4.32. The molecule has 0 radical (unpaired) electrons. The Bertz CT molecular complexity index is 495. The van der Waals surface area contributed by atoms with Gasteiger partial charge in [0.15, 0.2) is 5.76 Å². The lowest BCUT2D eigenvalue weighted by molar-refractivity contribution is 0.124. The molecule has 0 fully saturated rings. The van der Waals surface area contributed by atoms with E-state index < -0.39 is 0 Å². The molecule has 0 amide bonds. The second kappa shape index (κ2) is 6.38. The van der Waals surface area contributed by atoms with E-state index in [4.69, 9.17) is 9.47 Å². The molecule has 4 heteroatoms. The molecular formula is C15H20N2O2. The van der Waals surface area contributed by atoms with Gasteiger partial charge in [-0.1, -0.05) is 13.0 Å². The van der Waals surface area contributed by atoms with Crippen LogP contribution in [0.5, 0.6) is 5.75 Å². The highest BCUT2D eigenvalue weighted by Gasteiger charge is 2.24. The Balaban J connectivity index is 2.44. The van der Waals surface area contributed by atoms with Gasteiger partial charge < -0.3 is 14.8 Å². The Labute approximate surface area is 114 Å². The van der Waals surface area contributed by atoms with Crippen LogP contribution in [0.1, 0.15) is 31.9 Å². The number of rotatable bonds is 4. The van der Waals surface area contributed by atoms with Gasteiger partial charge in [-0.2, -0.15) is 0 Å². The molecule has 0 bridgehead atoms. The first-order valence-electron chi connectivity index (χ1n) is 6.59. The molecular weight excluding hydrogens is 240 g/mol. The SMILES string of the molecule is C/C=C\C1=C(CC)Oc2ccncc2C(CNC)O1. The van der Waals surface area contributed by atoms with Gasteiger partial charge in [-0.05, 0) is 26.1 Å². The van der Waals surface area contributed by atoms with E-state index in [2.05, 4.69) is 17.2 Å². The Hall–Kier alpha value is -1.81. The summed E-state index contributed by atoms with van der Waals surface area (Å²) in [4.78, 5) is 4.17. The fraction of sp³-hybridized carbons (Fsp3) is 0.400. The minimum Gasteiger partial charge on any atom is -0.481 e. The summed E-state index contributed by atoms with van der Waals surface area (Å²) in [5.41, 5.74) is 0.974. The van der Waals surface area contributed by atoms with Gasteiger partial charge >= 0.3 is 0 Å². The molecule has 0 spiro atoms. The number of aromatic nitrogens is 1. The van der Waals surface area contributed by atoms with E-state index in [9.17, 15) is 0 Å². The van der Waals surface area contributed by atoms with Crippen molar-refractivity contribution in [3.63, 3.8) is 0 Å². The Morgan fingerprint density at radius 3 is 3.00 bits per heavy atom. The smallest absolute Gasteiger partial charge is 0.158 e. The van der Waals surface area contributed by atoms with Crippen molar-refractivity contribution in [2.75, 3.05) is 13.6 Å². The highest BCUT2D eigenvalue weighted by molar-refractivity contribution is 5.37. The third-order valence-corrected chi connectivity index (χ3v) is 2.96. The standard InChI is InChI=1S/C15H20N2O2/c1-4-6-14-12(5-2)18-13-7-8-17-9-11(13)15(19-14)10-16-3/h4,6-9,15-16H,5,10H2,1-3H3/b6-4-. The zero-order valence-electron chi connectivity index (χ0n) is 11.6. The predicted molar refractivity (Wildman–Crippen MR) is 74.7 cm³/mol. The maximum absolute atomic E-state index is 6.09. The topological polar surface area (TPSA) is 43.4 Å². The molecule has 0 saturated carbocycles. The van der Waals surface area contributed by atoms with Gasteiger partial charge in [0.1, 0.15) is 17.6 Å². The van der Waals surface area contributed by atoms with Gasteiger partial charge in [0.25, 0.3) is 0 Å². The monoisotopic (exact) mass is 260 g/mol. The highest BCUT2D eigenvalue weighted by atomic mass is 16.5. The molecule has 1 aliphatic rings. The highest BCUT2D eigenvalue weighted by Crippen LogP contribution is 2.35. The van der Waals surface area contributed by atoms with Gasteiger partial charge in [0.05, 0.1) is 5.56 Å². The van der Waals surface area contributed by atoms with E-state index >= 15 is 0 Å². The maximum Gasteiger partial charge on any atom is 0.158 e. The fourth-order valence-corrected chi connectivity index (χ4v) is 2.06. The van der Waals surface area contributed by atoms with Crippen molar-refractivity contribution in [2.24, 2.45) is 0 Å². The van der Waals surface area contributed by atoms with E-state index in [1.165, 1.54) is 0 Å². The molecule has 2 heterocycles. The lowest BCUT2D eigenvalue weighted by atomic mass is 10.1. The number of hydrogen-bond acceptors (Lipinski definition) is 4. The summed E-state index contributed by atoms with van der Waals surface area (Å²) in [5, 5.41) is 3.15. The molecule has 102 valence electrons. The van der Waals surface area contributed by atoms with Gasteiger partial charge in [-0.15, -0.1) is 0 Å². The lowest BCUT2D eigenvalue weighted by Gasteiger charge is -2.17. The molecule has 0 aromatic carbocycles. The van der Waals surface area contributed by atoms with Crippen LogP contribution in [-0.4, -0.2) is 18.6 Å². The fourth-order valence-electron chi connectivity index (χ4n) is 2.06. The summed E-state index contributed by atoms with van der Waals surface area (Å²) < 4.78 is 12.1. The van der Waals surface area contributed by atoms with Crippen molar-refractivity contribution in [3.05, 3.63) is 47.7 Å². The molecule has 1 N–H and O–H groups in total. The lowest BCUT2D eigenvalue weighted by Crippen LogP contribution is -2.19. The molecule has 1 aliphatic heterocycles. The maximum atomic E-state index is 6.09. The molecule has 1 unspecified atom stereocenters. The minimum atomic E-state index is -0.0936. The van der Waals surface area contributed by atoms with Crippen LogP contribution >= 0.6 is 0 Å². The quantitative estimate of drug-likeness (QED) is 0.904. The molecule has 19 heavy (non-hydrogen) atoms. The molecule has 4 nitrogen and oxygen atoms in total. The molecule has 0 aliphatic carbocycles. The number of hydrogen-bond donors (Lipinski definition) is 1. The first kappa shape index (κ1) is 13.6. The van der Waals surface area contributed by atoms with Crippen molar-refractivity contribution in [1.82, 2.24) is 10.3 Å². The number of nitrogens with zero attached hydrogens (tertiary/aromatic N) is 1. The third kappa shape index (κ3) is 2.96. The van der Waals surface area contributed by atoms with Crippen molar-refractivity contribution in [2.45, 2.75) is 26.4 Å². The van der Waals surface area contributed by atoms with E-state index in [1.807, 2.05) is 38.4 Å². The second-order valence-electron chi connectivity index (χ2n) is 4.32. The van der Waals surface area contributed by atoms with Crippen LogP contribution in [0.15, 0.2) is 42.1 Å². The van der Waals surface area contributed by atoms with Gasteiger partial charge in [-0.25, -0.2) is 0 Å². The number of nitrogens with one attached hydrogen (secondary N) is 1. The molecule has 1 aromatic heterocycles. The van der Waals surface area contributed by atoms with Gasteiger partial charge in [-0.3, -0.25) is 4.98 Å². The summed E-state index contributed by atoms with van der Waals surface area (Å²) in [6, 6.07) is 1.88. The predicted octanol–water partition coefficient (Wildman–Crippen LogP) is 2.95. The first-order valence-corrected chi connectivity index (χ1v) is 6.59.